The molecule has 1 saturated carbocycles. The van der Waals surface area contributed by atoms with Crippen molar-refractivity contribution in [1.82, 2.24) is 4.98 Å². The minimum atomic E-state index is 0.581. The summed E-state index contributed by atoms with van der Waals surface area (Å²) in [5, 5.41) is 3.35. The van der Waals surface area contributed by atoms with Gasteiger partial charge in [0.05, 0.1) is 10.6 Å². The predicted molar refractivity (Wildman–Crippen MR) is 103 cm³/mol. The predicted octanol–water partition coefficient (Wildman–Crippen LogP) is 5.56. The van der Waals surface area contributed by atoms with Crippen LogP contribution in [0, 0.1) is 5.92 Å². The van der Waals surface area contributed by atoms with E-state index in [4.69, 9.17) is 5.73 Å². The molecule has 3 N–H and O–H groups in total. The molecule has 124 valence electrons. The number of fused-ring (bicyclic) bond motifs is 1. The van der Waals surface area contributed by atoms with Crippen molar-refractivity contribution < 1.29 is 0 Å². The number of H-pyrrole nitrogens is 1. The van der Waals surface area contributed by atoms with Gasteiger partial charge in [-0.15, -0.1) is 11.3 Å². The van der Waals surface area contributed by atoms with Crippen LogP contribution in [0.5, 0.6) is 0 Å². The maximum absolute atomic E-state index is 6.10. The number of aromatic nitrogens is 1. The molecule has 0 spiro atoms. The van der Waals surface area contributed by atoms with Crippen LogP contribution in [-0.2, 0) is 0 Å². The molecule has 0 aliphatic heterocycles. The smallest absolute Gasteiger partial charge is 0.141 e. The van der Waals surface area contributed by atoms with Crippen LogP contribution in [0.4, 0.5) is 5.69 Å². The molecule has 1 fully saturated rings. The van der Waals surface area contributed by atoms with Crippen molar-refractivity contribution in [3.05, 3.63) is 52.3 Å². The Balaban J connectivity index is 1.62. The Hall–Kier alpha value is -2.07. The molecule has 1 aromatic carbocycles. The summed E-state index contributed by atoms with van der Waals surface area (Å²) in [4.78, 5) is 9.02. The quantitative estimate of drug-likeness (QED) is 0.477. The second-order valence-corrected chi connectivity index (χ2v) is 7.85. The van der Waals surface area contributed by atoms with Gasteiger partial charge in [0.2, 0.25) is 0 Å². The highest BCUT2D eigenvalue weighted by Gasteiger charge is 2.22. The van der Waals surface area contributed by atoms with Gasteiger partial charge in [-0.3, -0.25) is 0 Å². The Labute approximate surface area is 146 Å². The summed E-state index contributed by atoms with van der Waals surface area (Å²) in [7, 11) is 0. The largest absolute Gasteiger partial charge is 0.383 e. The zero-order valence-corrected chi connectivity index (χ0v) is 14.8. The van der Waals surface area contributed by atoms with Crippen LogP contribution in [0.2, 0.25) is 0 Å². The Kier molecular flexibility index (Phi) is 4.15. The molecule has 0 saturated heterocycles. The van der Waals surface area contributed by atoms with Crippen molar-refractivity contribution in [3.8, 4) is 0 Å². The first-order valence-electron chi connectivity index (χ1n) is 8.70. The number of hydrogen-bond donors (Lipinski definition) is 2. The molecule has 3 nitrogen and oxygen atoms in total. The standard InChI is InChI=1S/C20H23N3S/c1-13-4-6-14(7-5-13)17-12-22-18-11-15(8-9-16(17)18)23-20(21)19-3-2-10-24-19/h2-3,8-14,22H,4-7H2,1H3,(H2,21,23). The molecule has 0 radical (unpaired) electrons. The van der Waals surface area contributed by atoms with Gasteiger partial charge in [-0.25, -0.2) is 4.99 Å². The van der Waals surface area contributed by atoms with E-state index in [-0.39, 0.29) is 0 Å². The van der Waals surface area contributed by atoms with Crippen LogP contribution in [0.1, 0.15) is 49.0 Å². The summed E-state index contributed by atoms with van der Waals surface area (Å²) < 4.78 is 0. The van der Waals surface area contributed by atoms with E-state index in [1.807, 2.05) is 17.5 Å². The summed E-state index contributed by atoms with van der Waals surface area (Å²) in [6.45, 7) is 2.37. The van der Waals surface area contributed by atoms with Crippen LogP contribution >= 0.6 is 11.3 Å². The zero-order valence-electron chi connectivity index (χ0n) is 14.0. The Morgan fingerprint density at radius 2 is 2.04 bits per heavy atom. The van der Waals surface area contributed by atoms with Gasteiger partial charge in [-0.05, 0) is 53.8 Å². The third-order valence-corrected chi connectivity index (χ3v) is 6.07. The Morgan fingerprint density at radius 1 is 1.21 bits per heavy atom. The van der Waals surface area contributed by atoms with Crippen molar-refractivity contribution in [3.63, 3.8) is 0 Å². The molecule has 4 rings (SSSR count). The number of hydrogen-bond acceptors (Lipinski definition) is 2. The fraction of sp³-hybridized carbons (Fsp3) is 0.350. The average molecular weight is 337 g/mol. The van der Waals surface area contributed by atoms with Gasteiger partial charge in [0.15, 0.2) is 0 Å². The number of nitrogens with two attached hydrogens (primary N) is 1. The number of nitrogens with zero attached hydrogens (tertiary/aromatic N) is 1. The highest BCUT2D eigenvalue weighted by molar-refractivity contribution is 7.12. The van der Waals surface area contributed by atoms with Gasteiger partial charge in [0, 0.05) is 17.1 Å². The van der Waals surface area contributed by atoms with Crippen LogP contribution < -0.4 is 5.73 Å². The Bertz CT molecular complexity index is 852. The highest BCUT2D eigenvalue weighted by Crippen LogP contribution is 2.39. The summed E-state index contributed by atoms with van der Waals surface area (Å²) in [6, 6.07) is 10.4. The number of aromatic amines is 1. The molecule has 2 aromatic heterocycles. The molecule has 1 aliphatic rings. The van der Waals surface area contributed by atoms with Crippen molar-refractivity contribution in [1.29, 1.82) is 0 Å². The lowest BCUT2D eigenvalue weighted by Gasteiger charge is -2.25. The third-order valence-electron chi connectivity index (χ3n) is 5.18. The zero-order chi connectivity index (χ0) is 16.5. The van der Waals surface area contributed by atoms with Crippen molar-refractivity contribution in [2.45, 2.75) is 38.5 Å². The van der Waals surface area contributed by atoms with Crippen LogP contribution in [0.15, 0.2) is 46.9 Å². The number of nitrogens with one attached hydrogen (secondary N) is 1. The van der Waals surface area contributed by atoms with Gasteiger partial charge >= 0.3 is 0 Å². The van der Waals surface area contributed by atoms with Gasteiger partial charge in [0.1, 0.15) is 5.84 Å². The molecule has 3 aromatic rings. The minimum absolute atomic E-state index is 0.581. The van der Waals surface area contributed by atoms with E-state index in [1.165, 1.54) is 36.6 Å². The number of aliphatic imine (C=N–C) groups is 1. The fourth-order valence-electron chi connectivity index (χ4n) is 3.73. The first-order valence-corrected chi connectivity index (χ1v) is 9.58. The number of amidine groups is 1. The van der Waals surface area contributed by atoms with Gasteiger partial charge in [-0.2, -0.15) is 0 Å². The number of benzene rings is 1. The summed E-state index contributed by atoms with van der Waals surface area (Å²) in [5.41, 5.74) is 9.63. The summed E-state index contributed by atoms with van der Waals surface area (Å²) in [5.74, 6) is 2.16. The maximum Gasteiger partial charge on any atom is 0.141 e. The average Bonchev–Trinajstić information content (AvgIpc) is 3.25. The number of thiophene rings is 1. The number of rotatable bonds is 3. The van der Waals surface area contributed by atoms with E-state index in [1.54, 1.807) is 11.3 Å². The molecular weight excluding hydrogens is 314 g/mol. The minimum Gasteiger partial charge on any atom is -0.383 e. The molecule has 0 atom stereocenters. The molecule has 1 aliphatic carbocycles. The van der Waals surface area contributed by atoms with Gasteiger partial charge in [-0.1, -0.05) is 31.9 Å². The van der Waals surface area contributed by atoms with E-state index < -0.39 is 0 Å². The van der Waals surface area contributed by atoms with Gasteiger partial charge < -0.3 is 10.7 Å². The normalized spacial score (nSPS) is 22.1. The van der Waals surface area contributed by atoms with Crippen LogP contribution in [0.25, 0.3) is 10.9 Å². The van der Waals surface area contributed by atoms with E-state index in [0.29, 0.717) is 11.8 Å². The van der Waals surface area contributed by atoms with Crippen LogP contribution in [0.3, 0.4) is 0 Å². The molecular formula is C20H23N3S. The van der Waals surface area contributed by atoms with Crippen molar-refractivity contribution >= 4 is 33.8 Å². The molecule has 0 amide bonds. The molecule has 0 bridgehead atoms. The molecule has 0 unspecified atom stereocenters. The molecule has 24 heavy (non-hydrogen) atoms. The maximum atomic E-state index is 6.10. The first kappa shape index (κ1) is 15.5. The molecule has 4 heteroatoms. The summed E-state index contributed by atoms with van der Waals surface area (Å²) in [6.07, 6.45) is 7.49. The lowest BCUT2D eigenvalue weighted by atomic mass is 9.79. The Morgan fingerprint density at radius 3 is 2.79 bits per heavy atom. The van der Waals surface area contributed by atoms with E-state index in [9.17, 15) is 0 Å². The topological polar surface area (TPSA) is 54.2 Å². The first-order chi connectivity index (χ1) is 11.7. The fourth-order valence-corrected chi connectivity index (χ4v) is 4.36. The van der Waals surface area contributed by atoms with E-state index in [2.05, 4.69) is 41.3 Å². The van der Waals surface area contributed by atoms with Crippen LogP contribution in [-0.4, -0.2) is 10.8 Å². The van der Waals surface area contributed by atoms with E-state index >= 15 is 0 Å². The second-order valence-electron chi connectivity index (χ2n) is 6.91. The van der Waals surface area contributed by atoms with E-state index in [0.717, 1.165) is 22.0 Å². The molecule has 2 heterocycles. The van der Waals surface area contributed by atoms with Crippen molar-refractivity contribution in [2.75, 3.05) is 0 Å². The summed E-state index contributed by atoms with van der Waals surface area (Å²) >= 11 is 1.61. The third kappa shape index (κ3) is 2.98. The lowest BCUT2D eigenvalue weighted by molar-refractivity contribution is 0.349. The van der Waals surface area contributed by atoms with Crippen molar-refractivity contribution in [2.24, 2.45) is 16.6 Å². The van der Waals surface area contributed by atoms with Gasteiger partial charge in [0.25, 0.3) is 0 Å². The lowest BCUT2D eigenvalue weighted by Crippen LogP contribution is -2.10. The highest BCUT2D eigenvalue weighted by atomic mass is 32.1. The monoisotopic (exact) mass is 337 g/mol. The second kappa shape index (κ2) is 6.44. The SMILES string of the molecule is CC1CCC(c2c[nH]c3cc(N=C(N)c4cccs4)ccc23)CC1.